The van der Waals surface area contributed by atoms with Crippen LogP contribution in [0, 0.1) is 5.92 Å². The van der Waals surface area contributed by atoms with Gasteiger partial charge in [-0.15, -0.1) is 0 Å². The van der Waals surface area contributed by atoms with Gasteiger partial charge in [-0.2, -0.15) is 0 Å². The van der Waals surface area contributed by atoms with Gasteiger partial charge >= 0.3 is 0 Å². The highest BCUT2D eigenvalue weighted by Gasteiger charge is 2.40. The smallest absolute Gasteiger partial charge is 0.207 e. The fourth-order valence-corrected chi connectivity index (χ4v) is 3.64. The molecule has 1 saturated carbocycles. The third-order valence-corrected chi connectivity index (χ3v) is 5.34. The predicted molar refractivity (Wildman–Crippen MR) is 71.3 cm³/mol. The van der Waals surface area contributed by atoms with Crippen molar-refractivity contribution >= 4 is 26.0 Å². The Morgan fingerprint density at radius 3 is 2.24 bits per heavy atom. The largest absolute Gasteiger partial charge is 0.241 e. The number of hydrogen-bond donors (Lipinski definition) is 1. The lowest BCUT2D eigenvalue weighted by Gasteiger charge is -2.25. The second kappa shape index (κ2) is 4.37. The zero-order valence-corrected chi connectivity index (χ0v) is 12.3. The normalized spacial score (nSPS) is 17.1. The quantitative estimate of drug-likeness (QED) is 0.928. The first kappa shape index (κ1) is 13.1. The zero-order valence-electron chi connectivity index (χ0n) is 9.90. The lowest BCUT2D eigenvalue weighted by atomic mass is 10.0. The lowest BCUT2D eigenvalue weighted by Crippen LogP contribution is -2.45. The van der Waals surface area contributed by atoms with Crippen LogP contribution in [0.3, 0.4) is 0 Å². The van der Waals surface area contributed by atoms with Gasteiger partial charge in [-0.05, 0) is 56.9 Å². The van der Waals surface area contributed by atoms with E-state index in [0.717, 1.165) is 17.3 Å². The Bertz CT molecular complexity index is 504. The molecule has 2 rings (SSSR count). The molecule has 0 spiro atoms. The van der Waals surface area contributed by atoms with Crippen molar-refractivity contribution in [3.05, 3.63) is 28.7 Å². The molecule has 17 heavy (non-hydrogen) atoms. The molecule has 1 aromatic carbocycles. The molecule has 0 unspecified atom stereocenters. The van der Waals surface area contributed by atoms with Gasteiger partial charge in [-0.3, -0.25) is 0 Å². The van der Waals surface area contributed by atoms with Gasteiger partial charge in [0, 0.05) is 10.0 Å². The van der Waals surface area contributed by atoms with Crippen molar-refractivity contribution in [3.8, 4) is 0 Å². The maximum absolute atomic E-state index is 12.2. The molecule has 0 bridgehead atoms. The fourth-order valence-electron chi connectivity index (χ4n) is 1.91. The van der Waals surface area contributed by atoms with Crippen LogP contribution in [0.2, 0.25) is 0 Å². The third kappa shape index (κ3) is 3.09. The molecule has 0 aromatic heterocycles. The molecule has 1 N–H and O–H groups in total. The number of hydrogen-bond acceptors (Lipinski definition) is 2. The van der Waals surface area contributed by atoms with Crippen LogP contribution in [-0.4, -0.2) is 14.0 Å². The van der Waals surface area contributed by atoms with E-state index in [-0.39, 0.29) is 5.54 Å². The van der Waals surface area contributed by atoms with Crippen molar-refractivity contribution in [1.29, 1.82) is 0 Å². The maximum Gasteiger partial charge on any atom is 0.241 e. The van der Waals surface area contributed by atoms with Crippen molar-refractivity contribution in [2.45, 2.75) is 37.1 Å². The van der Waals surface area contributed by atoms with Gasteiger partial charge in [-0.25, -0.2) is 13.1 Å². The average molecular weight is 318 g/mol. The van der Waals surface area contributed by atoms with E-state index in [1.165, 1.54) is 0 Å². The third-order valence-electron chi connectivity index (χ3n) is 3.12. The average Bonchev–Trinajstić information content (AvgIpc) is 2.99. The molecule has 1 aliphatic rings. The first-order valence-corrected chi connectivity index (χ1v) is 7.88. The summed E-state index contributed by atoms with van der Waals surface area (Å²) in [5.74, 6) is 0.465. The van der Waals surface area contributed by atoms with Gasteiger partial charge in [0.25, 0.3) is 0 Å². The number of benzene rings is 1. The standard InChI is InChI=1S/C12H16BrNO2S/c1-12(2,9-3-4-9)14-17(15,16)11-7-5-10(13)6-8-11/h5-9,14H,3-4H2,1-2H3. The maximum atomic E-state index is 12.2. The van der Waals surface area contributed by atoms with Crippen LogP contribution in [0.4, 0.5) is 0 Å². The van der Waals surface area contributed by atoms with Crippen LogP contribution in [0.15, 0.2) is 33.6 Å². The predicted octanol–water partition coefficient (Wildman–Crippen LogP) is 2.92. The van der Waals surface area contributed by atoms with E-state index in [1.54, 1.807) is 24.3 Å². The van der Waals surface area contributed by atoms with Gasteiger partial charge in [-0.1, -0.05) is 15.9 Å². The van der Waals surface area contributed by atoms with E-state index in [2.05, 4.69) is 20.7 Å². The number of nitrogens with one attached hydrogen (secondary N) is 1. The minimum absolute atomic E-state index is 0.314. The topological polar surface area (TPSA) is 46.2 Å². The summed E-state index contributed by atoms with van der Waals surface area (Å²) in [5.41, 5.74) is -0.355. The monoisotopic (exact) mass is 317 g/mol. The Morgan fingerprint density at radius 1 is 1.24 bits per heavy atom. The summed E-state index contributed by atoms with van der Waals surface area (Å²) in [5, 5.41) is 0. The van der Waals surface area contributed by atoms with Gasteiger partial charge in [0.15, 0.2) is 0 Å². The zero-order chi connectivity index (χ0) is 12.7. The Labute approximate surface area is 111 Å². The Morgan fingerprint density at radius 2 is 1.76 bits per heavy atom. The summed E-state index contributed by atoms with van der Waals surface area (Å²) in [6.45, 7) is 3.89. The van der Waals surface area contributed by atoms with Gasteiger partial charge < -0.3 is 0 Å². The summed E-state index contributed by atoms with van der Waals surface area (Å²) in [7, 11) is -3.41. The van der Waals surface area contributed by atoms with Crippen molar-refractivity contribution in [2.24, 2.45) is 5.92 Å². The molecule has 0 aliphatic heterocycles. The SMILES string of the molecule is CC(C)(NS(=O)(=O)c1ccc(Br)cc1)C1CC1. The summed E-state index contributed by atoms with van der Waals surface area (Å²) in [4.78, 5) is 0.314. The van der Waals surface area contributed by atoms with Crippen molar-refractivity contribution in [2.75, 3.05) is 0 Å². The van der Waals surface area contributed by atoms with Crippen LogP contribution in [-0.2, 0) is 10.0 Å². The van der Waals surface area contributed by atoms with E-state index >= 15 is 0 Å². The lowest BCUT2D eigenvalue weighted by molar-refractivity contribution is 0.400. The highest BCUT2D eigenvalue weighted by Crippen LogP contribution is 2.39. The molecule has 3 nitrogen and oxygen atoms in total. The highest BCUT2D eigenvalue weighted by molar-refractivity contribution is 9.10. The summed E-state index contributed by atoms with van der Waals surface area (Å²) >= 11 is 3.29. The van der Waals surface area contributed by atoms with Gasteiger partial charge in [0.05, 0.1) is 4.90 Å². The molecular formula is C12H16BrNO2S. The molecule has 0 radical (unpaired) electrons. The Hall–Kier alpha value is -0.390. The van der Waals surface area contributed by atoms with Crippen LogP contribution in [0.25, 0.3) is 0 Å². The molecule has 0 saturated heterocycles. The van der Waals surface area contributed by atoms with Crippen molar-refractivity contribution < 1.29 is 8.42 Å². The minimum Gasteiger partial charge on any atom is -0.207 e. The second-order valence-electron chi connectivity index (χ2n) is 5.06. The Balaban J connectivity index is 2.21. The van der Waals surface area contributed by atoms with Crippen LogP contribution in [0.1, 0.15) is 26.7 Å². The van der Waals surface area contributed by atoms with Crippen LogP contribution < -0.4 is 4.72 Å². The number of rotatable bonds is 4. The van der Waals surface area contributed by atoms with E-state index in [0.29, 0.717) is 10.8 Å². The first-order valence-electron chi connectivity index (χ1n) is 5.61. The molecule has 1 aromatic rings. The Kier molecular flexibility index (Phi) is 3.36. The van der Waals surface area contributed by atoms with E-state index in [4.69, 9.17) is 0 Å². The molecule has 1 aliphatic carbocycles. The molecule has 0 amide bonds. The molecular weight excluding hydrogens is 302 g/mol. The van der Waals surface area contributed by atoms with E-state index in [9.17, 15) is 8.42 Å². The van der Waals surface area contributed by atoms with E-state index < -0.39 is 10.0 Å². The van der Waals surface area contributed by atoms with Gasteiger partial charge in [0.2, 0.25) is 10.0 Å². The number of sulfonamides is 1. The van der Waals surface area contributed by atoms with Crippen molar-refractivity contribution in [3.63, 3.8) is 0 Å². The summed E-state index contributed by atoms with van der Waals surface area (Å²) in [6, 6.07) is 6.68. The molecule has 94 valence electrons. The highest BCUT2D eigenvalue weighted by atomic mass is 79.9. The second-order valence-corrected chi connectivity index (χ2v) is 7.65. The summed E-state index contributed by atoms with van der Waals surface area (Å²) in [6.07, 6.45) is 2.21. The van der Waals surface area contributed by atoms with Crippen LogP contribution >= 0.6 is 15.9 Å². The number of halogens is 1. The molecule has 1 fully saturated rings. The van der Waals surface area contributed by atoms with Crippen molar-refractivity contribution in [1.82, 2.24) is 4.72 Å². The van der Waals surface area contributed by atoms with E-state index in [1.807, 2.05) is 13.8 Å². The molecule has 0 heterocycles. The first-order chi connectivity index (χ1) is 7.81. The molecule has 5 heteroatoms. The fraction of sp³-hybridized carbons (Fsp3) is 0.500. The van der Waals surface area contributed by atoms with Crippen LogP contribution in [0.5, 0.6) is 0 Å². The van der Waals surface area contributed by atoms with Gasteiger partial charge in [0.1, 0.15) is 0 Å². The minimum atomic E-state index is -3.41. The summed E-state index contributed by atoms with van der Waals surface area (Å²) < 4.78 is 28.0. The molecule has 0 atom stereocenters.